The molecule has 0 amide bonds. The molecule has 0 spiro atoms. The van der Waals surface area contributed by atoms with Crippen molar-refractivity contribution in [3.63, 3.8) is 0 Å². The smallest absolute Gasteiger partial charge is 0.166 e. The zero-order valence-electron chi connectivity index (χ0n) is 16.4. The highest BCUT2D eigenvalue weighted by Gasteiger charge is 2.40. The number of nitrogens with zero attached hydrogens (tertiary/aromatic N) is 1. The molecule has 0 radical (unpaired) electrons. The molecule has 27 heavy (non-hydrogen) atoms. The van der Waals surface area contributed by atoms with Crippen LogP contribution >= 0.6 is 12.4 Å². The fourth-order valence-corrected chi connectivity index (χ4v) is 4.07. The van der Waals surface area contributed by atoms with E-state index in [1.807, 2.05) is 12.1 Å². The van der Waals surface area contributed by atoms with Crippen molar-refractivity contribution in [2.24, 2.45) is 4.99 Å². The highest BCUT2D eigenvalue weighted by atomic mass is 35.5. The van der Waals surface area contributed by atoms with Gasteiger partial charge < -0.3 is 9.47 Å². The number of hydrogen-bond acceptors (Lipinski definition) is 3. The van der Waals surface area contributed by atoms with Gasteiger partial charge in [0.1, 0.15) is 11.4 Å². The first-order valence-corrected chi connectivity index (χ1v) is 8.98. The van der Waals surface area contributed by atoms with Crippen molar-refractivity contribution in [1.82, 2.24) is 0 Å². The van der Waals surface area contributed by atoms with E-state index in [4.69, 9.17) is 14.5 Å². The van der Waals surface area contributed by atoms with Crippen molar-refractivity contribution >= 4 is 18.1 Å². The molecule has 0 aromatic heterocycles. The molecule has 3 nitrogen and oxygen atoms in total. The summed E-state index contributed by atoms with van der Waals surface area (Å²) in [5.74, 6) is 1.26. The normalized spacial score (nSPS) is 18.5. The number of rotatable bonds is 2. The Morgan fingerprint density at radius 1 is 1.11 bits per heavy atom. The summed E-state index contributed by atoms with van der Waals surface area (Å²) in [6, 6.07) is 8.89. The van der Waals surface area contributed by atoms with Gasteiger partial charge in [0.2, 0.25) is 0 Å². The summed E-state index contributed by atoms with van der Waals surface area (Å²) >= 11 is 0. The van der Waals surface area contributed by atoms with Gasteiger partial charge in [-0.2, -0.15) is 0 Å². The number of fused-ring (bicyclic) bond motifs is 3. The summed E-state index contributed by atoms with van der Waals surface area (Å²) in [5, 5.41) is 0. The molecule has 0 aliphatic carbocycles. The fourth-order valence-electron chi connectivity index (χ4n) is 4.07. The van der Waals surface area contributed by atoms with Crippen molar-refractivity contribution in [1.29, 1.82) is 0 Å². The van der Waals surface area contributed by atoms with Crippen molar-refractivity contribution in [2.75, 3.05) is 7.11 Å². The fraction of sp³-hybridized carbons (Fsp3) is 0.409. The van der Waals surface area contributed by atoms with Crippen molar-refractivity contribution < 1.29 is 13.9 Å². The van der Waals surface area contributed by atoms with E-state index in [2.05, 4.69) is 27.7 Å². The standard InChI is InChI=1S/C22H24FNO2.ClH/c1-21(2)11-13-10-17(25-5)20-15(12-22(3,4)26-20)18(13)19(24-21)14-8-6-7-9-16(14)23;/h6-10H,11-12H2,1-5H3;1H. The van der Waals surface area contributed by atoms with E-state index in [1.54, 1.807) is 19.2 Å². The molecule has 2 aliphatic heterocycles. The topological polar surface area (TPSA) is 30.8 Å². The Balaban J connectivity index is 0.00000210. The van der Waals surface area contributed by atoms with Crippen LogP contribution < -0.4 is 9.47 Å². The summed E-state index contributed by atoms with van der Waals surface area (Å²) < 4.78 is 26.4. The summed E-state index contributed by atoms with van der Waals surface area (Å²) in [6.07, 6.45) is 1.53. The predicted octanol–water partition coefficient (Wildman–Crippen LogP) is 5.14. The minimum absolute atomic E-state index is 0. The van der Waals surface area contributed by atoms with Gasteiger partial charge in [0.15, 0.2) is 11.5 Å². The second kappa shape index (κ2) is 6.52. The Kier molecular flexibility index (Phi) is 4.75. The lowest BCUT2D eigenvalue weighted by atomic mass is 9.81. The van der Waals surface area contributed by atoms with E-state index in [0.717, 1.165) is 46.7 Å². The monoisotopic (exact) mass is 389 g/mol. The third-order valence-electron chi connectivity index (χ3n) is 5.03. The quantitative estimate of drug-likeness (QED) is 0.711. The van der Waals surface area contributed by atoms with Crippen LogP contribution in [0.1, 0.15) is 49.9 Å². The van der Waals surface area contributed by atoms with Crippen LogP contribution in [0.3, 0.4) is 0 Å². The molecular formula is C22H25ClFNO2. The van der Waals surface area contributed by atoms with Gasteiger partial charge in [-0.3, -0.25) is 4.99 Å². The Bertz CT molecular complexity index is 934. The molecule has 144 valence electrons. The van der Waals surface area contributed by atoms with Gasteiger partial charge in [0, 0.05) is 23.1 Å². The number of ether oxygens (including phenoxy) is 2. The Morgan fingerprint density at radius 2 is 1.81 bits per heavy atom. The summed E-state index contributed by atoms with van der Waals surface area (Å²) in [5.41, 5.74) is 3.85. The molecule has 4 rings (SSSR count). The third-order valence-corrected chi connectivity index (χ3v) is 5.03. The number of hydrogen-bond donors (Lipinski definition) is 0. The molecule has 2 aromatic carbocycles. The molecule has 5 heteroatoms. The molecule has 0 saturated carbocycles. The molecule has 2 aromatic rings. The average Bonchev–Trinajstić information content (AvgIpc) is 2.87. The van der Waals surface area contributed by atoms with Crippen LogP contribution in [0.25, 0.3) is 0 Å². The van der Waals surface area contributed by atoms with Crippen LogP contribution in [0.4, 0.5) is 4.39 Å². The van der Waals surface area contributed by atoms with Crippen molar-refractivity contribution in [2.45, 2.75) is 51.7 Å². The first-order valence-electron chi connectivity index (χ1n) is 8.98. The number of benzene rings is 2. The molecule has 0 N–H and O–H groups in total. The Hall–Kier alpha value is -2.07. The Morgan fingerprint density at radius 3 is 2.48 bits per heavy atom. The van der Waals surface area contributed by atoms with Gasteiger partial charge in [-0.1, -0.05) is 12.1 Å². The van der Waals surface area contributed by atoms with Crippen molar-refractivity contribution in [3.05, 3.63) is 58.4 Å². The number of halogens is 2. The van der Waals surface area contributed by atoms with Crippen LogP contribution in [0, 0.1) is 5.82 Å². The lowest BCUT2D eigenvalue weighted by molar-refractivity contribution is 0.134. The number of methoxy groups -OCH3 is 1. The zero-order valence-corrected chi connectivity index (χ0v) is 17.2. The van der Waals surface area contributed by atoms with Gasteiger partial charge in [0.25, 0.3) is 0 Å². The summed E-state index contributed by atoms with van der Waals surface area (Å²) in [7, 11) is 1.66. The number of aliphatic imine (C=N–C) groups is 1. The first kappa shape index (κ1) is 19.7. The average molecular weight is 390 g/mol. The zero-order chi connectivity index (χ0) is 18.7. The minimum Gasteiger partial charge on any atom is -0.493 e. The molecule has 0 atom stereocenters. The second-order valence-corrected chi connectivity index (χ2v) is 8.39. The van der Waals surface area contributed by atoms with E-state index in [1.165, 1.54) is 6.07 Å². The highest BCUT2D eigenvalue weighted by molar-refractivity contribution is 6.16. The minimum atomic E-state index is -0.321. The summed E-state index contributed by atoms with van der Waals surface area (Å²) in [4.78, 5) is 4.95. The van der Waals surface area contributed by atoms with E-state index < -0.39 is 0 Å². The molecule has 2 aliphatic rings. The van der Waals surface area contributed by atoms with Gasteiger partial charge in [-0.25, -0.2) is 4.39 Å². The largest absolute Gasteiger partial charge is 0.493 e. The van der Waals surface area contributed by atoms with E-state index >= 15 is 0 Å². The van der Waals surface area contributed by atoms with Crippen LogP contribution in [0.5, 0.6) is 11.5 Å². The van der Waals surface area contributed by atoms with Crippen LogP contribution in [-0.2, 0) is 12.8 Å². The lowest BCUT2D eigenvalue weighted by Gasteiger charge is -2.31. The molecular weight excluding hydrogens is 365 g/mol. The summed E-state index contributed by atoms with van der Waals surface area (Å²) in [6.45, 7) is 8.28. The van der Waals surface area contributed by atoms with Crippen molar-refractivity contribution in [3.8, 4) is 11.5 Å². The van der Waals surface area contributed by atoms with Gasteiger partial charge in [-0.05, 0) is 57.9 Å². The maximum atomic E-state index is 14.6. The first-order chi connectivity index (χ1) is 12.2. The SMILES string of the molecule is COc1cc2c(c3c1OC(C)(C)C3)C(c1ccccc1F)=NC(C)(C)C2.Cl. The highest BCUT2D eigenvalue weighted by Crippen LogP contribution is 2.47. The second-order valence-electron chi connectivity index (χ2n) is 8.39. The lowest BCUT2D eigenvalue weighted by Crippen LogP contribution is -2.31. The van der Waals surface area contributed by atoms with Crippen LogP contribution in [0.2, 0.25) is 0 Å². The van der Waals surface area contributed by atoms with Crippen LogP contribution in [-0.4, -0.2) is 24.0 Å². The van der Waals surface area contributed by atoms with E-state index in [0.29, 0.717) is 5.56 Å². The van der Waals surface area contributed by atoms with E-state index in [-0.39, 0.29) is 29.4 Å². The van der Waals surface area contributed by atoms with Gasteiger partial charge in [-0.15, -0.1) is 12.4 Å². The van der Waals surface area contributed by atoms with Gasteiger partial charge >= 0.3 is 0 Å². The molecule has 0 saturated heterocycles. The maximum Gasteiger partial charge on any atom is 0.166 e. The maximum absolute atomic E-state index is 14.6. The predicted molar refractivity (Wildman–Crippen MR) is 108 cm³/mol. The molecule has 0 bridgehead atoms. The molecule has 2 heterocycles. The van der Waals surface area contributed by atoms with E-state index in [9.17, 15) is 4.39 Å². The van der Waals surface area contributed by atoms with Gasteiger partial charge in [0.05, 0.1) is 18.4 Å². The Labute approximate surface area is 166 Å². The molecule has 0 unspecified atom stereocenters. The third kappa shape index (κ3) is 3.31. The molecule has 0 fully saturated rings. The van der Waals surface area contributed by atoms with Crippen LogP contribution in [0.15, 0.2) is 35.3 Å².